The predicted molar refractivity (Wildman–Crippen MR) is 83.3 cm³/mol. The Labute approximate surface area is 123 Å². The van der Waals surface area contributed by atoms with Crippen LogP contribution in [-0.2, 0) is 16.6 Å². The number of aryl methyl sites for hydroxylation is 1. The molecule has 5 heteroatoms. The van der Waals surface area contributed by atoms with E-state index in [-0.39, 0.29) is 0 Å². The first-order valence-electron chi connectivity index (χ1n) is 7.02. The van der Waals surface area contributed by atoms with E-state index in [9.17, 15) is 8.42 Å². The van der Waals surface area contributed by atoms with Crippen LogP contribution in [0, 0.1) is 19.8 Å². The molecule has 2 N–H and O–H groups in total. The van der Waals surface area contributed by atoms with E-state index in [0.29, 0.717) is 23.9 Å². The normalized spacial score (nSPS) is 12.1. The third-order valence-electron chi connectivity index (χ3n) is 3.36. The van der Waals surface area contributed by atoms with Crippen molar-refractivity contribution in [1.29, 1.82) is 0 Å². The van der Waals surface area contributed by atoms with Crippen LogP contribution < -0.4 is 10.0 Å². The van der Waals surface area contributed by atoms with E-state index in [1.54, 1.807) is 6.07 Å². The molecule has 0 unspecified atom stereocenters. The van der Waals surface area contributed by atoms with E-state index in [1.807, 2.05) is 27.0 Å². The molecule has 0 saturated carbocycles. The summed E-state index contributed by atoms with van der Waals surface area (Å²) in [6, 6.07) is 3.79. The second-order valence-electron chi connectivity index (χ2n) is 5.65. The smallest absolute Gasteiger partial charge is 0.240 e. The van der Waals surface area contributed by atoms with Gasteiger partial charge in [0.15, 0.2) is 0 Å². The van der Waals surface area contributed by atoms with Gasteiger partial charge in [-0.05, 0) is 56.0 Å². The van der Waals surface area contributed by atoms with Gasteiger partial charge in [-0.3, -0.25) is 0 Å². The monoisotopic (exact) mass is 298 g/mol. The second-order valence-corrected chi connectivity index (χ2v) is 7.38. The Bertz CT molecular complexity index is 551. The molecule has 114 valence electrons. The van der Waals surface area contributed by atoms with Gasteiger partial charge >= 0.3 is 0 Å². The largest absolute Gasteiger partial charge is 0.316 e. The Morgan fingerprint density at radius 2 is 1.85 bits per heavy atom. The van der Waals surface area contributed by atoms with Gasteiger partial charge in [0, 0.05) is 13.1 Å². The third kappa shape index (κ3) is 4.58. The lowest BCUT2D eigenvalue weighted by Gasteiger charge is -2.14. The van der Waals surface area contributed by atoms with Crippen LogP contribution in [0.2, 0.25) is 0 Å². The molecule has 4 nitrogen and oxygen atoms in total. The number of sulfonamides is 1. The summed E-state index contributed by atoms with van der Waals surface area (Å²) in [6.07, 6.45) is 0.841. The van der Waals surface area contributed by atoms with Gasteiger partial charge in [0.25, 0.3) is 0 Å². The van der Waals surface area contributed by atoms with Crippen molar-refractivity contribution in [2.75, 3.05) is 13.6 Å². The maximum absolute atomic E-state index is 12.4. The van der Waals surface area contributed by atoms with E-state index < -0.39 is 10.0 Å². The van der Waals surface area contributed by atoms with Gasteiger partial charge in [0.2, 0.25) is 10.0 Å². The van der Waals surface area contributed by atoms with Crippen LogP contribution in [-0.4, -0.2) is 22.0 Å². The van der Waals surface area contributed by atoms with Crippen molar-refractivity contribution in [3.8, 4) is 0 Å². The average Bonchev–Trinajstić information content (AvgIpc) is 2.33. The molecule has 0 aromatic heterocycles. The maximum atomic E-state index is 12.4. The minimum absolute atomic E-state index is 0.395. The molecule has 0 spiro atoms. The number of benzene rings is 1. The van der Waals surface area contributed by atoms with Crippen LogP contribution in [0.3, 0.4) is 0 Å². The Morgan fingerprint density at radius 1 is 1.20 bits per heavy atom. The van der Waals surface area contributed by atoms with Crippen molar-refractivity contribution >= 4 is 10.0 Å². The summed E-state index contributed by atoms with van der Waals surface area (Å²) in [5, 5.41) is 3.05. The van der Waals surface area contributed by atoms with Gasteiger partial charge in [-0.2, -0.15) is 0 Å². The lowest BCUT2D eigenvalue weighted by Crippen LogP contribution is -2.26. The van der Waals surface area contributed by atoms with Gasteiger partial charge in [0.1, 0.15) is 0 Å². The summed E-state index contributed by atoms with van der Waals surface area (Å²) in [5.74, 6) is 0.483. The molecule has 1 rings (SSSR count). The first-order valence-corrected chi connectivity index (χ1v) is 8.50. The zero-order chi connectivity index (χ0) is 15.3. The van der Waals surface area contributed by atoms with Crippen molar-refractivity contribution in [2.45, 2.75) is 45.6 Å². The summed E-state index contributed by atoms with van der Waals surface area (Å²) in [7, 11) is -1.58. The van der Waals surface area contributed by atoms with Gasteiger partial charge in [0.05, 0.1) is 4.90 Å². The van der Waals surface area contributed by atoms with E-state index in [1.165, 1.54) is 0 Å². The summed E-state index contributed by atoms with van der Waals surface area (Å²) in [4.78, 5) is 0.395. The molecular formula is C15H26N2O2S. The molecule has 1 aromatic rings. The summed E-state index contributed by atoms with van der Waals surface area (Å²) >= 11 is 0. The Kier molecular flexibility index (Phi) is 6.17. The Morgan fingerprint density at radius 3 is 2.40 bits per heavy atom. The molecular weight excluding hydrogens is 272 g/mol. The number of hydrogen-bond donors (Lipinski definition) is 2. The molecule has 0 heterocycles. The lowest BCUT2D eigenvalue weighted by atomic mass is 10.1. The van der Waals surface area contributed by atoms with Gasteiger partial charge in [-0.1, -0.05) is 19.9 Å². The second kappa shape index (κ2) is 7.20. The van der Waals surface area contributed by atoms with Gasteiger partial charge in [-0.15, -0.1) is 0 Å². The molecule has 0 aliphatic carbocycles. The van der Waals surface area contributed by atoms with Crippen molar-refractivity contribution in [3.05, 3.63) is 28.8 Å². The highest BCUT2D eigenvalue weighted by Crippen LogP contribution is 2.21. The molecule has 1 aromatic carbocycles. The highest BCUT2D eigenvalue weighted by molar-refractivity contribution is 7.89. The molecule has 0 bridgehead atoms. The predicted octanol–water partition coefficient (Wildman–Crippen LogP) is 2.35. The average molecular weight is 298 g/mol. The van der Waals surface area contributed by atoms with Crippen LogP contribution in [0.4, 0.5) is 0 Å². The minimum Gasteiger partial charge on any atom is -0.316 e. The van der Waals surface area contributed by atoms with Crippen molar-refractivity contribution in [1.82, 2.24) is 10.0 Å². The standard InChI is InChI=1S/C15H26N2O2S/c1-11(2)6-7-17-20(18,19)15-9-14(10-16-5)8-12(3)13(15)4/h8-9,11,16-17H,6-7,10H2,1-5H3. The van der Waals surface area contributed by atoms with Gasteiger partial charge in [-0.25, -0.2) is 13.1 Å². The maximum Gasteiger partial charge on any atom is 0.240 e. The number of rotatable bonds is 7. The van der Waals surface area contributed by atoms with Crippen LogP contribution in [0.1, 0.15) is 37.0 Å². The summed E-state index contributed by atoms with van der Waals surface area (Å²) in [5.41, 5.74) is 2.81. The van der Waals surface area contributed by atoms with Crippen molar-refractivity contribution < 1.29 is 8.42 Å². The Hall–Kier alpha value is -0.910. The molecule has 0 aliphatic rings. The van der Waals surface area contributed by atoms with Crippen molar-refractivity contribution in [2.24, 2.45) is 5.92 Å². The van der Waals surface area contributed by atoms with Crippen LogP contribution >= 0.6 is 0 Å². The number of hydrogen-bond acceptors (Lipinski definition) is 3. The summed E-state index contributed by atoms with van der Waals surface area (Å²) < 4.78 is 27.5. The molecule has 0 amide bonds. The van der Waals surface area contributed by atoms with Crippen LogP contribution in [0.15, 0.2) is 17.0 Å². The zero-order valence-electron chi connectivity index (χ0n) is 13.1. The fourth-order valence-electron chi connectivity index (χ4n) is 2.04. The molecule has 0 fully saturated rings. The highest BCUT2D eigenvalue weighted by Gasteiger charge is 2.18. The van der Waals surface area contributed by atoms with E-state index >= 15 is 0 Å². The van der Waals surface area contributed by atoms with E-state index in [0.717, 1.165) is 23.1 Å². The highest BCUT2D eigenvalue weighted by atomic mass is 32.2. The minimum atomic E-state index is -3.43. The summed E-state index contributed by atoms with van der Waals surface area (Å²) in [6.45, 7) is 9.11. The molecule has 0 atom stereocenters. The SMILES string of the molecule is CNCc1cc(C)c(C)c(S(=O)(=O)NCCC(C)C)c1. The topological polar surface area (TPSA) is 58.2 Å². The fourth-order valence-corrected chi connectivity index (χ4v) is 3.46. The van der Waals surface area contributed by atoms with Crippen LogP contribution in [0.5, 0.6) is 0 Å². The van der Waals surface area contributed by atoms with Crippen LogP contribution in [0.25, 0.3) is 0 Å². The molecule has 0 aliphatic heterocycles. The van der Waals surface area contributed by atoms with Crippen molar-refractivity contribution in [3.63, 3.8) is 0 Å². The first kappa shape index (κ1) is 17.1. The van der Waals surface area contributed by atoms with E-state index in [4.69, 9.17) is 0 Å². The quantitative estimate of drug-likeness (QED) is 0.812. The molecule has 20 heavy (non-hydrogen) atoms. The number of nitrogens with one attached hydrogen (secondary N) is 2. The first-order chi connectivity index (χ1) is 9.27. The fraction of sp³-hybridized carbons (Fsp3) is 0.600. The molecule has 0 radical (unpaired) electrons. The Balaban J connectivity index is 3.04. The zero-order valence-corrected chi connectivity index (χ0v) is 13.9. The molecule has 0 saturated heterocycles. The lowest BCUT2D eigenvalue weighted by molar-refractivity contribution is 0.551. The van der Waals surface area contributed by atoms with E-state index in [2.05, 4.69) is 23.9 Å². The third-order valence-corrected chi connectivity index (χ3v) is 4.95. The van der Waals surface area contributed by atoms with Gasteiger partial charge < -0.3 is 5.32 Å².